The molecule has 0 amide bonds. The molecule has 0 bridgehead atoms. The number of carboxylic acids is 1. The molecule has 0 aliphatic heterocycles. The van der Waals surface area contributed by atoms with E-state index in [4.69, 9.17) is 9.84 Å². The van der Waals surface area contributed by atoms with E-state index in [0.717, 1.165) is 29.9 Å². The highest BCUT2D eigenvalue weighted by Crippen LogP contribution is 2.42. The molecule has 102 valence electrons. The van der Waals surface area contributed by atoms with Crippen molar-refractivity contribution in [2.24, 2.45) is 5.92 Å². The quantitative estimate of drug-likeness (QED) is 0.909. The second kappa shape index (κ2) is 5.37. The molecule has 3 nitrogen and oxygen atoms in total. The summed E-state index contributed by atoms with van der Waals surface area (Å²) in [7, 11) is 0. The smallest absolute Gasteiger partial charge is 0.306 e. The van der Waals surface area contributed by atoms with Crippen LogP contribution in [0, 0.1) is 5.92 Å². The monoisotopic (exact) mass is 268 g/mol. The van der Waals surface area contributed by atoms with Crippen LogP contribution in [0.2, 0.25) is 0 Å². The van der Waals surface area contributed by atoms with Crippen molar-refractivity contribution >= 4 is 5.97 Å². The largest absolute Gasteiger partial charge is 0.481 e. The highest BCUT2D eigenvalue weighted by Gasteiger charge is 2.35. The van der Waals surface area contributed by atoms with Crippen molar-refractivity contribution in [1.82, 2.24) is 0 Å². The molecule has 0 aromatic heterocycles. The van der Waals surface area contributed by atoms with E-state index in [1.165, 1.54) is 0 Å². The summed E-state index contributed by atoms with van der Waals surface area (Å²) in [6, 6.07) is 17.6. The van der Waals surface area contributed by atoms with E-state index in [1.807, 2.05) is 54.6 Å². The molecule has 1 aliphatic rings. The van der Waals surface area contributed by atoms with Crippen molar-refractivity contribution in [2.45, 2.75) is 18.8 Å². The Labute approximate surface area is 117 Å². The predicted molar refractivity (Wildman–Crippen MR) is 76.1 cm³/mol. The average molecular weight is 268 g/mol. The molecule has 1 saturated carbocycles. The maximum Gasteiger partial charge on any atom is 0.306 e. The molecule has 0 radical (unpaired) electrons. The van der Waals surface area contributed by atoms with Crippen LogP contribution >= 0.6 is 0 Å². The first-order valence-corrected chi connectivity index (χ1v) is 6.78. The maximum absolute atomic E-state index is 10.8. The van der Waals surface area contributed by atoms with Gasteiger partial charge in [-0.25, -0.2) is 0 Å². The third-order valence-electron chi connectivity index (χ3n) is 3.80. The van der Waals surface area contributed by atoms with Crippen LogP contribution in [0.3, 0.4) is 0 Å². The molecular formula is C17H16O3. The molecule has 1 aliphatic carbocycles. The second-order valence-electron chi connectivity index (χ2n) is 5.19. The van der Waals surface area contributed by atoms with Crippen molar-refractivity contribution in [3.05, 3.63) is 60.2 Å². The first kappa shape index (κ1) is 12.7. The molecule has 0 heterocycles. The molecule has 0 spiro atoms. The SMILES string of the molecule is O=C(O)C1CC(c2cccc(Oc3ccccc3)c2)C1. The minimum Gasteiger partial charge on any atom is -0.481 e. The van der Waals surface area contributed by atoms with E-state index in [0.29, 0.717) is 5.92 Å². The van der Waals surface area contributed by atoms with E-state index in [9.17, 15) is 4.79 Å². The van der Waals surface area contributed by atoms with Gasteiger partial charge in [0.25, 0.3) is 0 Å². The Morgan fingerprint density at radius 2 is 1.70 bits per heavy atom. The summed E-state index contributed by atoms with van der Waals surface area (Å²) >= 11 is 0. The number of hydrogen-bond acceptors (Lipinski definition) is 2. The number of benzene rings is 2. The number of carboxylic acid groups (broad SMARTS) is 1. The summed E-state index contributed by atoms with van der Waals surface area (Å²) in [4.78, 5) is 10.8. The summed E-state index contributed by atoms with van der Waals surface area (Å²) in [5.74, 6) is 1.08. The number of ether oxygens (including phenoxy) is 1. The van der Waals surface area contributed by atoms with Crippen molar-refractivity contribution in [3.63, 3.8) is 0 Å². The van der Waals surface area contributed by atoms with Crippen LogP contribution in [0.15, 0.2) is 54.6 Å². The van der Waals surface area contributed by atoms with Crippen molar-refractivity contribution < 1.29 is 14.6 Å². The number of aliphatic carboxylic acids is 1. The Morgan fingerprint density at radius 1 is 1.00 bits per heavy atom. The fourth-order valence-corrected chi connectivity index (χ4v) is 2.55. The van der Waals surface area contributed by atoms with E-state index in [2.05, 4.69) is 0 Å². The van der Waals surface area contributed by atoms with Crippen LogP contribution in [-0.4, -0.2) is 11.1 Å². The highest BCUT2D eigenvalue weighted by molar-refractivity contribution is 5.71. The van der Waals surface area contributed by atoms with Crippen LogP contribution in [0.25, 0.3) is 0 Å². The zero-order valence-electron chi connectivity index (χ0n) is 11.0. The van der Waals surface area contributed by atoms with Gasteiger partial charge in [0.2, 0.25) is 0 Å². The molecule has 3 heteroatoms. The molecule has 2 aromatic carbocycles. The summed E-state index contributed by atoms with van der Waals surface area (Å²) < 4.78 is 5.80. The highest BCUT2D eigenvalue weighted by atomic mass is 16.5. The van der Waals surface area contributed by atoms with Gasteiger partial charge in [0.05, 0.1) is 5.92 Å². The predicted octanol–water partition coefficient (Wildman–Crippen LogP) is 4.06. The minimum absolute atomic E-state index is 0.182. The van der Waals surface area contributed by atoms with Crippen LogP contribution in [-0.2, 0) is 4.79 Å². The molecule has 1 fully saturated rings. The fourth-order valence-electron chi connectivity index (χ4n) is 2.55. The summed E-state index contributed by atoms with van der Waals surface area (Å²) in [6.07, 6.45) is 1.45. The van der Waals surface area contributed by atoms with E-state index in [1.54, 1.807) is 0 Å². The van der Waals surface area contributed by atoms with Crippen LogP contribution in [0.5, 0.6) is 11.5 Å². The summed E-state index contributed by atoms with van der Waals surface area (Å²) in [5, 5.41) is 8.92. The zero-order chi connectivity index (χ0) is 13.9. The lowest BCUT2D eigenvalue weighted by molar-refractivity contribution is -0.145. The molecule has 0 saturated heterocycles. The number of para-hydroxylation sites is 1. The van der Waals surface area contributed by atoms with Gasteiger partial charge in [-0.1, -0.05) is 30.3 Å². The van der Waals surface area contributed by atoms with E-state index < -0.39 is 5.97 Å². The van der Waals surface area contributed by atoms with E-state index >= 15 is 0 Å². The van der Waals surface area contributed by atoms with Crippen molar-refractivity contribution in [3.8, 4) is 11.5 Å². The summed E-state index contributed by atoms with van der Waals surface area (Å²) in [6.45, 7) is 0. The molecule has 2 aromatic rings. The number of rotatable bonds is 4. The minimum atomic E-state index is -0.682. The van der Waals surface area contributed by atoms with Crippen molar-refractivity contribution in [2.75, 3.05) is 0 Å². The Balaban J connectivity index is 1.69. The Kier molecular flexibility index (Phi) is 3.42. The second-order valence-corrected chi connectivity index (χ2v) is 5.19. The van der Waals surface area contributed by atoms with Gasteiger partial charge in [-0.15, -0.1) is 0 Å². The molecule has 3 rings (SSSR count). The van der Waals surface area contributed by atoms with Gasteiger partial charge < -0.3 is 9.84 Å². The third-order valence-corrected chi connectivity index (χ3v) is 3.80. The van der Waals surface area contributed by atoms with Crippen LogP contribution < -0.4 is 4.74 Å². The average Bonchev–Trinajstić information content (AvgIpc) is 2.38. The fraction of sp³-hybridized carbons (Fsp3) is 0.235. The Hall–Kier alpha value is -2.29. The first-order chi connectivity index (χ1) is 9.72. The van der Waals surface area contributed by atoms with Gasteiger partial charge in [-0.3, -0.25) is 4.79 Å². The first-order valence-electron chi connectivity index (χ1n) is 6.78. The molecule has 0 atom stereocenters. The standard InChI is InChI=1S/C17H16O3/c18-17(19)14-9-13(10-14)12-5-4-8-16(11-12)20-15-6-2-1-3-7-15/h1-8,11,13-14H,9-10H2,(H,18,19). The Bertz CT molecular complexity index is 601. The van der Waals surface area contributed by atoms with Crippen molar-refractivity contribution in [1.29, 1.82) is 0 Å². The number of carbonyl (C=O) groups is 1. The molecule has 1 N–H and O–H groups in total. The van der Waals surface area contributed by atoms with Gasteiger partial charge in [-0.2, -0.15) is 0 Å². The molecule has 0 unspecified atom stereocenters. The lowest BCUT2D eigenvalue weighted by Gasteiger charge is -2.32. The zero-order valence-corrected chi connectivity index (χ0v) is 11.0. The maximum atomic E-state index is 10.8. The Morgan fingerprint density at radius 3 is 2.40 bits per heavy atom. The molecule has 20 heavy (non-hydrogen) atoms. The van der Waals surface area contributed by atoms with Gasteiger partial charge in [-0.05, 0) is 48.6 Å². The van der Waals surface area contributed by atoms with Gasteiger partial charge in [0.15, 0.2) is 0 Å². The normalized spacial score (nSPS) is 21.0. The topological polar surface area (TPSA) is 46.5 Å². The summed E-state index contributed by atoms with van der Waals surface area (Å²) in [5.41, 5.74) is 1.16. The molecular weight excluding hydrogens is 252 g/mol. The van der Waals surface area contributed by atoms with E-state index in [-0.39, 0.29) is 5.92 Å². The third kappa shape index (κ3) is 2.67. The van der Waals surface area contributed by atoms with Crippen LogP contribution in [0.4, 0.5) is 0 Å². The van der Waals surface area contributed by atoms with Gasteiger partial charge >= 0.3 is 5.97 Å². The van der Waals surface area contributed by atoms with Crippen LogP contribution in [0.1, 0.15) is 24.3 Å². The lowest BCUT2D eigenvalue weighted by atomic mass is 9.71. The van der Waals surface area contributed by atoms with Gasteiger partial charge in [0, 0.05) is 0 Å². The number of hydrogen-bond donors (Lipinski definition) is 1. The van der Waals surface area contributed by atoms with Gasteiger partial charge in [0.1, 0.15) is 11.5 Å². The lowest BCUT2D eigenvalue weighted by Crippen LogP contribution is -2.28.